The van der Waals surface area contributed by atoms with Crippen LogP contribution in [0, 0.1) is 9.49 Å². The number of aromatic nitrogens is 1. The molecule has 3 heteroatoms. The van der Waals surface area contributed by atoms with E-state index in [2.05, 4.69) is 45.9 Å². The molecule has 0 amide bonds. The van der Waals surface area contributed by atoms with Crippen molar-refractivity contribution in [1.29, 1.82) is 0 Å². The van der Waals surface area contributed by atoms with Gasteiger partial charge in [-0.15, -0.1) is 0 Å². The van der Waals surface area contributed by atoms with Gasteiger partial charge in [-0.25, -0.2) is 4.98 Å². The number of nitrogens with zero attached hydrogens (tertiary/aromatic N) is 1. The van der Waals surface area contributed by atoms with Crippen LogP contribution in [0.5, 0.6) is 0 Å². The molecular formula is C9H11IN2. The van der Waals surface area contributed by atoms with Crippen LogP contribution in [0.2, 0.25) is 0 Å². The minimum Gasteiger partial charge on any atom is -0.366 e. The molecule has 1 aromatic rings. The van der Waals surface area contributed by atoms with E-state index in [-0.39, 0.29) is 0 Å². The van der Waals surface area contributed by atoms with E-state index in [9.17, 15) is 0 Å². The maximum Gasteiger partial charge on any atom is 0.139 e. The molecule has 2 nitrogen and oxygen atoms in total. The molecule has 12 heavy (non-hydrogen) atoms. The van der Waals surface area contributed by atoms with E-state index in [1.54, 1.807) is 0 Å². The van der Waals surface area contributed by atoms with Gasteiger partial charge in [-0.1, -0.05) is 6.92 Å². The third-order valence-electron chi connectivity index (χ3n) is 2.19. The normalized spacial score (nSPS) is 26.8. The monoisotopic (exact) mass is 274 g/mol. The van der Waals surface area contributed by atoms with Crippen LogP contribution >= 0.6 is 22.6 Å². The average Bonchev–Trinajstić information content (AvgIpc) is 2.72. The van der Waals surface area contributed by atoms with Crippen LogP contribution < -0.4 is 5.32 Å². The molecule has 2 rings (SSSR count). The van der Waals surface area contributed by atoms with Gasteiger partial charge in [0, 0.05) is 12.2 Å². The summed E-state index contributed by atoms with van der Waals surface area (Å²) in [6.07, 6.45) is 3.12. The Labute approximate surface area is 85.9 Å². The smallest absolute Gasteiger partial charge is 0.139 e. The van der Waals surface area contributed by atoms with Gasteiger partial charge in [-0.2, -0.15) is 0 Å². The van der Waals surface area contributed by atoms with Crippen molar-refractivity contribution in [3.63, 3.8) is 0 Å². The summed E-state index contributed by atoms with van der Waals surface area (Å²) in [5.41, 5.74) is 0. The van der Waals surface area contributed by atoms with Crippen molar-refractivity contribution in [2.45, 2.75) is 19.4 Å². The minimum absolute atomic E-state index is 0.661. The fourth-order valence-electron chi connectivity index (χ4n) is 1.19. The van der Waals surface area contributed by atoms with Crippen LogP contribution in [0.3, 0.4) is 0 Å². The molecule has 1 N–H and O–H groups in total. The van der Waals surface area contributed by atoms with Crippen molar-refractivity contribution in [2.75, 3.05) is 5.32 Å². The van der Waals surface area contributed by atoms with E-state index in [1.807, 2.05) is 12.3 Å². The molecule has 1 aromatic heterocycles. The Hall–Kier alpha value is -0.320. The van der Waals surface area contributed by atoms with Gasteiger partial charge in [0.15, 0.2) is 0 Å². The zero-order chi connectivity index (χ0) is 8.55. The zero-order valence-electron chi connectivity index (χ0n) is 6.92. The SMILES string of the molecule is C[C@@H]1C[C@H]1Nc1ncccc1I. The minimum atomic E-state index is 0.661. The molecule has 0 saturated heterocycles. The molecule has 1 saturated carbocycles. The molecule has 0 aromatic carbocycles. The van der Waals surface area contributed by atoms with E-state index in [1.165, 1.54) is 9.99 Å². The second-order valence-electron chi connectivity index (χ2n) is 3.30. The molecule has 0 radical (unpaired) electrons. The van der Waals surface area contributed by atoms with Crippen molar-refractivity contribution in [3.8, 4) is 0 Å². The highest BCUT2D eigenvalue weighted by molar-refractivity contribution is 14.1. The van der Waals surface area contributed by atoms with Crippen LogP contribution in [-0.2, 0) is 0 Å². The molecule has 0 spiro atoms. The van der Waals surface area contributed by atoms with E-state index in [0.29, 0.717) is 6.04 Å². The highest BCUT2D eigenvalue weighted by Crippen LogP contribution is 2.32. The topological polar surface area (TPSA) is 24.9 Å². The summed E-state index contributed by atoms with van der Waals surface area (Å²) < 4.78 is 1.20. The van der Waals surface area contributed by atoms with Gasteiger partial charge >= 0.3 is 0 Å². The maximum atomic E-state index is 4.27. The molecular weight excluding hydrogens is 263 g/mol. The molecule has 1 aliphatic rings. The second kappa shape index (κ2) is 3.20. The number of hydrogen-bond acceptors (Lipinski definition) is 2. The Kier molecular flexibility index (Phi) is 2.21. The van der Waals surface area contributed by atoms with Crippen molar-refractivity contribution in [3.05, 3.63) is 21.9 Å². The molecule has 1 aliphatic carbocycles. The first-order chi connectivity index (χ1) is 5.77. The lowest BCUT2D eigenvalue weighted by Crippen LogP contribution is -2.06. The van der Waals surface area contributed by atoms with Gasteiger partial charge < -0.3 is 5.32 Å². The summed E-state index contributed by atoms with van der Waals surface area (Å²) in [6.45, 7) is 2.26. The number of pyridine rings is 1. The van der Waals surface area contributed by atoms with Crippen molar-refractivity contribution < 1.29 is 0 Å². The number of rotatable bonds is 2. The lowest BCUT2D eigenvalue weighted by Gasteiger charge is -2.04. The highest BCUT2D eigenvalue weighted by Gasteiger charge is 2.32. The molecule has 0 unspecified atom stereocenters. The Bertz CT molecular complexity index is 288. The number of halogens is 1. The fraction of sp³-hybridized carbons (Fsp3) is 0.444. The van der Waals surface area contributed by atoms with E-state index in [4.69, 9.17) is 0 Å². The van der Waals surface area contributed by atoms with Crippen molar-refractivity contribution in [1.82, 2.24) is 4.98 Å². The first kappa shape index (κ1) is 8.29. The summed E-state index contributed by atoms with van der Waals surface area (Å²) in [4.78, 5) is 4.27. The lowest BCUT2D eigenvalue weighted by molar-refractivity contribution is 0.922. The van der Waals surface area contributed by atoms with Crippen LogP contribution in [0.4, 0.5) is 5.82 Å². The first-order valence-corrected chi connectivity index (χ1v) is 5.22. The molecule has 0 bridgehead atoms. The molecule has 0 aliphatic heterocycles. The Balaban J connectivity index is 2.08. The van der Waals surface area contributed by atoms with E-state index in [0.717, 1.165) is 11.7 Å². The fourth-order valence-corrected chi connectivity index (χ4v) is 1.69. The van der Waals surface area contributed by atoms with Gasteiger partial charge in [0.25, 0.3) is 0 Å². The maximum absolute atomic E-state index is 4.27. The summed E-state index contributed by atoms with van der Waals surface area (Å²) >= 11 is 2.30. The lowest BCUT2D eigenvalue weighted by atomic mass is 10.4. The second-order valence-corrected chi connectivity index (χ2v) is 4.46. The van der Waals surface area contributed by atoms with Crippen LogP contribution in [0.25, 0.3) is 0 Å². The van der Waals surface area contributed by atoms with Crippen LogP contribution in [-0.4, -0.2) is 11.0 Å². The molecule has 64 valence electrons. The van der Waals surface area contributed by atoms with Crippen LogP contribution in [0.1, 0.15) is 13.3 Å². The van der Waals surface area contributed by atoms with Gasteiger partial charge in [-0.05, 0) is 47.1 Å². The van der Waals surface area contributed by atoms with E-state index >= 15 is 0 Å². The highest BCUT2D eigenvalue weighted by atomic mass is 127. The van der Waals surface area contributed by atoms with Crippen molar-refractivity contribution >= 4 is 28.4 Å². The standard InChI is InChI=1S/C9H11IN2/c1-6-5-8(6)12-9-7(10)3-2-4-11-9/h2-4,6,8H,5H2,1H3,(H,11,12)/t6-,8-/m1/s1. The quantitative estimate of drug-likeness (QED) is 0.838. The number of nitrogens with one attached hydrogen (secondary N) is 1. The largest absolute Gasteiger partial charge is 0.366 e. The van der Waals surface area contributed by atoms with Crippen LogP contribution in [0.15, 0.2) is 18.3 Å². The van der Waals surface area contributed by atoms with Gasteiger partial charge in [0.1, 0.15) is 5.82 Å². The first-order valence-electron chi connectivity index (χ1n) is 4.14. The van der Waals surface area contributed by atoms with E-state index < -0.39 is 0 Å². The van der Waals surface area contributed by atoms with Gasteiger partial charge in [-0.3, -0.25) is 0 Å². The molecule has 2 atom stereocenters. The predicted octanol–water partition coefficient (Wildman–Crippen LogP) is 2.51. The zero-order valence-corrected chi connectivity index (χ0v) is 9.08. The summed E-state index contributed by atoms with van der Waals surface area (Å²) in [5, 5.41) is 3.42. The number of anilines is 1. The number of hydrogen-bond donors (Lipinski definition) is 1. The molecule has 1 fully saturated rings. The van der Waals surface area contributed by atoms with Gasteiger partial charge in [0.05, 0.1) is 3.57 Å². The Morgan fingerprint density at radius 2 is 2.42 bits per heavy atom. The summed E-state index contributed by atoms with van der Waals surface area (Å²) in [7, 11) is 0. The Morgan fingerprint density at radius 1 is 1.67 bits per heavy atom. The average molecular weight is 274 g/mol. The third kappa shape index (κ3) is 1.71. The predicted molar refractivity (Wildman–Crippen MR) is 58.1 cm³/mol. The van der Waals surface area contributed by atoms with Crippen molar-refractivity contribution in [2.24, 2.45) is 5.92 Å². The Morgan fingerprint density at radius 3 is 3.00 bits per heavy atom. The third-order valence-corrected chi connectivity index (χ3v) is 3.06. The molecule has 1 heterocycles. The summed E-state index contributed by atoms with van der Waals surface area (Å²) in [6, 6.07) is 4.69. The summed E-state index contributed by atoms with van der Waals surface area (Å²) in [5.74, 6) is 1.86. The van der Waals surface area contributed by atoms with Gasteiger partial charge in [0.2, 0.25) is 0 Å².